The predicted molar refractivity (Wildman–Crippen MR) is 163 cm³/mol. The van der Waals surface area contributed by atoms with Crippen molar-refractivity contribution >= 4 is 23.5 Å². The number of aromatic hydroxyl groups is 1. The van der Waals surface area contributed by atoms with Crippen molar-refractivity contribution in [2.24, 2.45) is 0 Å². The molecule has 0 aliphatic carbocycles. The Hall–Kier alpha value is -4.95. The van der Waals surface area contributed by atoms with Gasteiger partial charge in [-0.15, -0.1) is 0 Å². The van der Waals surface area contributed by atoms with Crippen molar-refractivity contribution in [1.82, 2.24) is 10.2 Å². The van der Waals surface area contributed by atoms with Crippen LogP contribution in [-0.2, 0) is 27.2 Å². The van der Waals surface area contributed by atoms with Crippen LogP contribution in [-0.4, -0.2) is 65.6 Å². The van der Waals surface area contributed by atoms with Crippen LogP contribution in [0.15, 0.2) is 109 Å². The third-order valence-electron chi connectivity index (χ3n) is 6.88. The molecule has 4 aromatic carbocycles. The molecule has 216 valence electrons. The van der Waals surface area contributed by atoms with Gasteiger partial charge in [0.25, 0.3) is 0 Å². The molecule has 3 N–H and O–H groups in total. The summed E-state index contributed by atoms with van der Waals surface area (Å²) in [6.45, 7) is -0.00599. The number of carboxylic acid groups (broad SMARTS) is 1. The van der Waals surface area contributed by atoms with Gasteiger partial charge >= 0.3 is 5.97 Å². The summed E-state index contributed by atoms with van der Waals surface area (Å²) >= 11 is 0. The van der Waals surface area contributed by atoms with Crippen LogP contribution in [0.4, 0.5) is 5.69 Å². The Bertz CT molecular complexity index is 1440. The second-order valence-electron chi connectivity index (χ2n) is 9.93. The molecule has 8 heteroatoms. The van der Waals surface area contributed by atoms with E-state index in [0.717, 1.165) is 22.3 Å². The highest BCUT2D eigenvalue weighted by Crippen LogP contribution is 2.23. The van der Waals surface area contributed by atoms with E-state index in [0.29, 0.717) is 25.1 Å². The van der Waals surface area contributed by atoms with Gasteiger partial charge in [-0.1, -0.05) is 84.9 Å². The van der Waals surface area contributed by atoms with Crippen LogP contribution in [0.5, 0.6) is 5.75 Å². The van der Waals surface area contributed by atoms with E-state index in [2.05, 4.69) is 5.32 Å². The topological polar surface area (TPSA) is 110 Å². The second kappa shape index (κ2) is 15.2. The van der Waals surface area contributed by atoms with Gasteiger partial charge in [0, 0.05) is 12.2 Å². The lowest BCUT2D eigenvalue weighted by Gasteiger charge is -2.27. The van der Waals surface area contributed by atoms with E-state index in [1.807, 2.05) is 84.9 Å². The molecular weight excluding hydrogens is 530 g/mol. The van der Waals surface area contributed by atoms with Gasteiger partial charge in [0.1, 0.15) is 18.8 Å². The van der Waals surface area contributed by atoms with Crippen molar-refractivity contribution in [3.63, 3.8) is 0 Å². The molecule has 0 saturated heterocycles. The summed E-state index contributed by atoms with van der Waals surface area (Å²) < 4.78 is 0. The Morgan fingerprint density at radius 3 is 1.88 bits per heavy atom. The first-order valence-corrected chi connectivity index (χ1v) is 13.9. The standard InChI is InChI=1S/C34H35N3O5/c38-31-17-11-27(12-18-31)19-21-35-23-32(39)37(30-15-13-29(14-16-30)28-9-5-2-6-10-28)24-33(40)36(25-34(41)42)22-20-26-7-3-1-4-8-26/h1-18,35,38H,19-25H2,(H,41,42). The minimum Gasteiger partial charge on any atom is -0.508 e. The third-order valence-corrected chi connectivity index (χ3v) is 6.88. The Labute approximate surface area is 245 Å². The lowest BCUT2D eigenvalue weighted by atomic mass is 10.1. The zero-order valence-electron chi connectivity index (χ0n) is 23.4. The number of phenolic OH excluding ortho intramolecular Hbond substituents is 1. The fraction of sp³-hybridized carbons (Fsp3) is 0.206. The maximum Gasteiger partial charge on any atom is 0.323 e. The first kappa shape index (κ1) is 30.0. The molecule has 0 unspecified atom stereocenters. The number of hydrogen-bond acceptors (Lipinski definition) is 5. The lowest BCUT2D eigenvalue weighted by Crippen LogP contribution is -2.47. The highest BCUT2D eigenvalue weighted by Gasteiger charge is 2.24. The molecule has 0 spiro atoms. The highest BCUT2D eigenvalue weighted by atomic mass is 16.4. The van der Waals surface area contributed by atoms with E-state index in [4.69, 9.17) is 0 Å². The number of amides is 2. The molecule has 8 nitrogen and oxygen atoms in total. The predicted octanol–water partition coefficient (Wildman–Crippen LogP) is 4.38. The van der Waals surface area contributed by atoms with Crippen molar-refractivity contribution in [1.29, 1.82) is 0 Å². The molecule has 0 fully saturated rings. The number of phenols is 1. The Kier molecular flexibility index (Phi) is 10.8. The quantitative estimate of drug-likeness (QED) is 0.196. The number of carbonyl (C=O) groups excluding carboxylic acids is 2. The number of benzene rings is 4. The summed E-state index contributed by atoms with van der Waals surface area (Å²) in [5, 5.41) is 22.1. The third kappa shape index (κ3) is 9.04. The summed E-state index contributed by atoms with van der Waals surface area (Å²) in [6.07, 6.45) is 1.16. The Morgan fingerprint density at radius 1 is 0.643 bits per heavy atom. The molecule has 42 heavy (non-hydrogen) atoms. The molecule has 0 aliphatic heterocycles. The van der Waals surface area contributed by atoms with E-state index in [-0.39, 0.29) is 31.3 Å². The lowest BCUT2D eigenvalue weighted by molar-refractivity contribution is -0.144. The van der Waals surface area contributed by atoms with Crippen LogP contribution in [0.2, 0.25) is 0 Å². The summed E-state index contributed by atoms with van der Waals surface area (Å²) in [5.74, 6) is -1.67. The van der Waals surface area contributed by atoms with Crippen molar-refractivity contribution < 1.29 is 24.6 Å². The van der Waals surface area contributed by atoms with E-state index < -0.39 is 18.4 Å². The van der Waals surface area contributed by atoms with Crippen LogP contribution in [0.25, 0.3) is 11.1 Å². The Morgan fingerprint density at radius 2 is 1.24 bits per heavy atom. The van der Waals surface area contributed by atoms with Crippen molar-refractivity contribution in [3.05, 3.63) is 120 Å². The second-order valence-corrected chi connectivity index (χ2v) is 9.93. The number of aliphatic carboxylic acids is 1. The molecular formula is C34H35N3O5. The van der Waals surface area contributed by atoms with Crippen molar-refractivity contribution in [2.45, 2.75) is 12.8 Å². The molecule has 0 saturated carbocycles. The molecule has 4 rings (SSSR count). The molecule has 0 aromatic heterocycles. The number of nitrogens with zero attached hydrogens (tertiary/aromatic N) is 2. The van der Waals surface area contributed by atoms with Gasteiger partial charge in [-0.25, -0.2) is 0 Å². The molecule has 0 heterocycles. The fourth-order valence-corrected chi connectivity index (χ4v) is 4.57. The van der Waals surface area contributed by atoms with Gasteiger partial charge in [0.2, 0.25) is 11.8 Å². The van der Waals surface area contributed by atoms with E-state index in [1.165, 1.54) is 9.80 Å². The molecule has 0 atom stereocenters. The largest absolute Gasteiger partial charge is 0.508 e. The van der Waals surface area contributed by atoms with Gasteiger partial charge in [-0.05, 0) is 65.9 Å². The minimum atomic E-state index is -1.11. The van der Waals surface area contributed by atoms with Crippen LogP contribution >= 0.6 is 0 Å². The molecule has 0 radical (unpaired) electrons. The average molecular weight is 566 g/mol. The number of rotatable bonds is 14. The zero-order valence-corrected chi connectivity index (χ0v) is 23.4. The number of hydrogen-bond donors (Lipinski definition) is 3. The monoisotopic (exact) mass is 565 g/mol. The first-order chi connectivity index (χ1) is 20.4. The maximum absolute atomic E-state index is 13.5. The Balaban J connectivity index is 1.47. The van der Waals surface area contributed by atoms with E-state index >= 15 is 0 Å². The summed E-state index contributed by atoms with van der Waals surface area (Å²) in [4.78, 5) is 41.2. The van der Waals surface area contributed by atoms with Gasteiger partial charge in [-0.3, -0.25) is 14.4 Å². The van der Waals surface area contributed by atoms with Crippen molar-refractivity contribution in [2.75, 3.05) is 37.6 Å². The van der Waals surface area contributed by atoms with Gasteiger partial charge in [0.05, 0.1) is 6.54 Å². The minimum absolute atomic E-state index is 0.00521. The molecule has 0 bridgehead atoms. The van der Waals surface area contributed by atoms with Crippen LogP contribution < -0.4 is 10.2 Å². The molecule has 2 amide bonds. The molecule has 4 aromatic rings. The van der Waals surface area contributed by atoms with Gasteiger partial charge in [-0.2, -0.15) is 0 Å². The van der Waals surface area contributed by atoms with Crippen LogP contribution in [0, 0.1) is 0 Å². The maximum atomic E-state index is 13.5. The summed E-state index contributed by atoms with van der Waals surface area (Å²) in [7, 11) is 0. The number of carboxylic acids is 1. The summed E-state index contributed by atoms with van der Waals surface area (Å²) in [5.41, 5.74) is 4.55. The van der Waals surface area contributed by atoms with Crippen LogP contribution in [0.3, 0.4) is 0 Å². The SMILES string of the molecule is O=C(O)CN(CCc1ccccc1)C(=O)CN(C(=O)CNCCc1ccc(O)cc1)c1ccc(-c2ccccc2)cc1. The number of carbonyl (C=O) groups is 3. The number of anilines is 1. The van der Waals surface area contributed by atoms with Gasteiger partial charge in [0.15, 0.2) is 0 Å². The normalized spacial score (nSPS) is 10.7. The summed E-state index contributed by atoms with van der Waals surface area (Å²) in [6, 6.07) is 33.7. The van der Waals surface area contributed by atoms with Gasteiger partial charge < -0.3 is 25.3 Å². The first-order valence-electron chi connectivity index (χ1n) is 13.9. The number of nitrogens with one attached hydrogen (secondary N) is 1. The fourth-order valence-electron chi connectivity index (χ4n) is 4.57. The zero-order chi connectivity index (χ0) is 29.7. The average Bonchev–Trinajstić information content (AvgIpc) is 3.01. The van der Waals surface area contributed by atoms with Crippen molar-refractivity contribution in [3.8, 4) is 16.9 Å². The molecule has 0 aliphatic rings. The highest BCUT2D eigenvalue weighted by molar-refractivity contribution is 6.00. The van der Waals surface area contributed by atoms with E-state index in [1.54, 1.807) is 24.3 Å². The smallest absolute Gasteiger partial charge is 0.323 e. The van der Waals surface area contributed by atoms with Crippen LogP contribution in [0.1, 0.15) is 11.1 Å². The van der Waals surface area contributed by atoms with E-state index in [9.17, 15) is 24.6 Å².